The summed E-state index contributed by atoms with van der Waals surface area (Å²) in [6.45, 7) is 9.55. The zero-order chi connectivity index (χ0) is 17.1. The van der Waals surface area contributed by atoms with Crippen LogP contribution in [0.2, 0.25) is 0 Å². The Balaban J connectivity index is 1.62. The van der Waals surface area contributed by atoms with E-state index in [1.807, 2.05) is 6.92 Å². The maximum absolute atomic E-state index is 9.30. The first-order valence-electron chi connectivity index (χ1n) is 10.3. The van der Waals surface area contributed by atoms with Crippen LogP contribution in [0.4, 0.5) is 0 Å². The third-order valence-electron chi connectivity index (χ3n) is 9.05. The Labute approximate surface area is 147 Å². The molecule has 0 spiro atoms. The molecule has 4 aliphatic rings. The number of rotatable bonds is 1. The summed E-state index contributed by atoms with van der Waals surface area (Å²) in [6, 6.07) is 0. The van der Waals surface area contributed by atoms with Gasteiger partial charge in [0, 0.05) is 0 Å². The zero-order valence-corrected chi connectivity index (χ0v) is 16.0. The summed E-state index contributed by atoms with van der Waals surface area (Å²) in [5.41, 5.74) is 3.05. The maximum Gasteiger partial charge on any atom is 0.0799 e. The minimum Gasteiger partial charge on any atom is -0.411 e. The molecule has 0 aliphatic heterocycles. The standard InChI is InChI=1S/C22H35NO/c1-14-9-11-21(3)16(13-14)5-6-17-19-8-7-18(15(2)23-24)22(19,4)12-10-20(17)21/h7,14,16-17,19-20,24H,5-6,8-13H2,1-4H3/b23-15-/t14?,16-,17?,19?,20?,21-,22+/m0/s1. The molecule has 0 radical (unpaired) electrons. The second-order valence-corrected chi connectivity index (χ2v) is 10.0. The van der Waals surface area contributed by atoms with Crippen LogP contribution in [-0.2, 0) is 0 Å². The Kier molecular flexibility index (Phi) is 3.89. The third kappa shape index (κ3) is 2.17. The molecule has 3 saturated carbocycles. The predicted molar refractivity (Wildman–Crippen MR) is 99.3 cm³/mol. The van der Waals surface area contributed by atoms with E-state index in [9.17, 15) is 5.21 Å². The van der Waals surface area contributed by atoms with Gasteiger partial charge in [-0.3, -0.25) is 0 Å². The van der Waals surface area contributed by atoms with E-state index in [4.69, 9.17) is 0 Å². The van der Waals surface area contributed by atoms with Crippen LogP contribution in [0.15, 0.2) is 16.8 Å². The van der Waals surface area contributed by atoms with Gasteiger partial charge in [-0.15, -0.1) is 0 Å². The Morgan fingerprint density at radius 2 is 1.92 bits per heavy atom. The molecule has 0 heterocycles. The van der Waals surface area contributed by atoms with Crippen LogP contribution in [0, 0.1) is 40.4 Å². The van der Waals surface area contributed by atoms with Crippen molar-refractivity contribution in [3.8, 4) is 0 Å². The summed E-state index contributed by atoms with van der Waals surface area (Å²) in [6.07, 6.45) is 13.5. The molecule has 7 atom stereocenters. The van der Waals surface area contributed by atoms with Crippen LogP contribution in [0.25, 0.3) is 0 Å². The van der Waals surface area contributed by atoms with E-state index >= 15 is 0 Å². The normalized spacial score (nSPS) is 51.4. The van der Waals surface area contributed by atoms with Gasteiger partial charge < -0.3 is 5.21 Å². The van der Waals surface area contributed by atoms with Crippen LogP contribution >= 0.6 is 0 Å². The fourth-order valence-corrected chi connectivity index (χ4v) is 7.65. The van der Waals surface area contributed by atoms with Gasteiger partial charge in [-0.2, -0.15) is 0 Å². The van der Waals surface area contributed by atoms with Crippen molar-refractivity contribution >= 4 is 5.71 Å². The van der Waals surface area contributed by atoms with Crippen LogP contribution in [0.1, 0.15) is 79.1 Å². The van der Waals surface area contributed by atoms with E-state index in [0.717, 1.165) is 35.3 Å². The number of oxime groups is 1. The lowest BCUT2D eigenvalue weighted by atomic mass is 9.44. The molecule has 0 amide bonds. The summed E-state index contributed by atoms with van der Waals surface area (Å²) in [5.74, 6) is 4.51. The van der Waals surface area contributed by atoms with E-state index in [1.54, 1.807) is 0 Å². The first-order chi connectivity index (χ1) is 11.4. The third-order valence-corrected chi connectivity index (χ3v) is 9.05. The number of hydrogen-bond acceptors (Lipinski definition) is 2. The van der Waals surface area contributed by atoms with Crippen LogP contribution < -0.4 is 0 Å². The fourth-order valence-electron chi connectivity index (χ4n) is 7.65. The topological polar surface area (TPSA) is 32.6 Å². The summed E-state index contributed by atoms with van der Waals surface area (Å²) >= 11 is 0. The van der Waals surface area contributed by atoms with Gasteiger partial charge in [0.15, 0.2) is 0 Å². The Bertz CT molecular complexity index is 579. The van der Waals surface area contributed by atoms with Gasteiger partial charge in [-0.1, -0.05) is 38.4 Å². The van der Waals surface area contributed by atoms with E-state index in [1.165, 1.54) is 56.9 Å². The smallest absolute Gasteiger partial charge is 0.0799 e. The molecular weight excluding hydrogens is 294 g/mol. The highest BCUT2D eigenvalue weighted by molar-refractivity contribution is 5.99. The molecular formula is C22H35NO. The monoisotopic (exact) mass is 329 g/mol. The lowest BCUT2D eigenvalue weighted by Gasteiger charge is -2.61. The van der Waals surface area contributed by atoms with Crippen molar-refractivity contribution in [2.75, 3.05) is 0 Å². The largest absolute Gasteiger partial charge is 0.411 e. The molecule has 0 aromatic carbocycles. The van der Waals surface area contributed by atoms with Crippen LogP contribution in [-0.4, -0.2) is 10.9 Å². The van der Waals surface area contributed by atoms with Crippen molar-refractivity contribution < 1.29 is 5.21 Å². The number of allylic oxidation sites excluding steroid dienone is 2. The molecule has 0 aromatic rings. The highest BCUT2D eigenvalue weighted by Crippen LogP contribution is 2.66. The van der Waals surface area contributed by atoms with Crippen molar-refractivity contribution in [3.63, 3.8) is 0 Å². The van der Waals surface area contributed by atoms with Gasteiger partial charge >= 0.3 is 0 Å². The van der Waals surface area contributed by atoms with Crippen LogP contribution in [0.5, 0.6) is 0 Å². The van der Waals surface area contributed by atoms with E-state index in [2.05, 4.69) is 32.0 Å². The van der Waals surface area contributed by atoms with Gasteiger partial charge in [0.1, 0.15) is 0 Å². The maximum atomic E-state index is 9.30. The SMILES string of the molecule is C/C(=N/O)C1=CCC2C3CC[C@H]4CC(C)CC[C@]4(C)C3CC[C@]12C. The summed E-state index contributed by atoms with van der Waals surface area (Å²) in [4.78, 5) is 0. The highest BCUT2D eigenvalue weighted by Gasteiger charge is 2.58. The van der Waals surface area contributed by atoms with Crippen molar-refractivity contribution in [3.05, 3.63) is 11.6 Å². The molecule has 2 nitrogen and oxygen atoms in total. The lowest BCUT2D eigenvalue weighted by Crippen LogP contribution is -2.53. The van der Waals surface area contributed by atoms with Gasteiger partial charge in [0.25, 0.3) is 0 Å². The van der Waals surface area contributed by atoms with Gasteiger partial charge in [0.2, 0.25) is 0 Å². The van der Waals surface area contributed by atoms with Crippen molar-refractivity contribution in [1.29, 1.82) is 0 Å². The molecule has 2 heteroatoms. The highest BCUT2D eigenvalue weighted by atomic mass is 16.4. The van der Waals surface area contributed by atoms with Crippen molar-refractivity contribution in [1.82, 2.24) is 0 Å². The minimum absolute atomic E-state index is 0.253. The van der Waals surface area contributed by atoms with Gasteiger partial charge in [0.05, 0.1) is 5.71 Å². The van der Waals surface area contributed by atoms with Crippen LogP contribution in [0.3, 0.4) is 0 Å². The quantitative estimate of drug-likeness (QED) is 0.354. The number of fused-ring (bicyclic) bond motifs is 5. The first-order valence-corrected chi connectivity index (χ1v) is 10.3. The average Bonchev–Trinajstić information content (AvgIpc) is 2.92. The van der Waals surface area contributed by atoms with Crippen molar-refractivity contribution in [2.24, 2.45) is 45.6 Å². The molecule has 4 unspecified atom stereocenters. The Morgan fingerprint density at radius 3 is 2.67 bits per heavy atom. The molecule has 4 rings (SSSR count). The molecule has 4 aliphatic carbocycles. The molecule has 3 fully saturated rings. The molecule has 0 aromatic heterocycles. The zero-order valence-electron chi connectivity index (χ0n) is 16.0. The predicted octanol–water partition coefficient (Wildman–Crippen LogP) is 6.05. The summed E-state index contributed by atoms with van der Waals surface area (Å²) < 4.78 is 0. The molecule has 24 heavy (non-hydrogen) atoms. The first kappa shape index (κ1) is 16.7. The second kappa shape index (κ2) is 5.61. The molecule has 134 valence electrons. The Morgan fingerprint density at radius 1 is 1.12 bits per heavy atom. The average molecular weight is 330 g/mol. The molecule has 0 saturated heterocycles. The van der Waals surface area contributed by atoms with E-state index < -0.39 is 0 Å². The van der Waals surface area contributed by atoms with E-state index in [0.29, 0.717) is 5.41 Å². The van der Waals surface area contributed by atoms with Crippen molar-refractivity contribution in [2.45, 2.75) is 79.1 Å². The molecule has 0 bridgehead atoms. The minimum atomic E-state index is 0.253. The summed E-state index contributed by atoms with van der Waals surface area (Å²) in [7, 11) is 0. The fraction of sp³-hybridized carbons (Fsp3) is 0.864. The summed E-state index contributed by atoms with van der Waals surface area (Å²) in [5, 5.41) is 12.8. The Hall–Kier alpha value is -0.790. The van der Waals surface area contributed by atoms with E-state index in [-0.39, 0.29) is 5.41 Å². The number of nitrogens with zero attached hydrogens (tertiary/aromatic N) is 1. The lowest BCUT2D eigenvalue weighted by molar-refractivity contribution is -0.105. The number of hydrogen-bond donors (Lipinski definition) is 1. The molecule has 1 N–H and O–H groups in total. The van der Waals surface area contributed by atoms with Gasteiger partial charge in [-0.25, -0.2) is 0 Å². The van der Waals surface area contributed by atoms with Gasteiger partial charge in [-0.05, 0) is 97.9 Å². The second-order valence-electron chi connectivity index (χ2n) is 10.0.